The zero-order valence-electron chi connectivity index (χ0n) is 24.0. The first-order valence-corrected chi connectivity index (χ1v) is 14.2. The van der Waals surface area contributed by atoms with Gasteiger partial charge in [-0.3, -0.25) is 14.4 Å². The number of carboxylic acids is 1. The lowest BCUT2D eigenvalue weighted by Gasteiger charge is -2.37. The van der Waals surface area contributed by atoms with Crippen LogP contribution in [0.3, 0.4) is 0 Å². The molecule has 4 heterocycles. The minimum absolute atomic E-state index is 0.160. The number of aliphatic carboxylic acids is 1. The zero-order chi connectivity index (χ0) is 31.6. The predicted octanol–water partition coefficient (Wildman–Crippen LogP) is 1.21. The molecule has 15 heteroatoms. The van der Waals surface area contributed by atoms with Crippen LogP contribution in [0.15, 0.2) is 41.3 Å². The zero-order valence-corrected chi connectivity index (χ0v) is 24.8. The SMILES string of the molecule is Cc1ccc(CNc2cc(-c3cccn(CCC(=O)O[C@@H]4O[C@H](C(=O)O)[C@@H](O)[C@H](O)[C@H]4O)c3=O)nn2C(=O)C(C)(C)C)s1. The number of carbonyl (C=O) groups excluding carboxylic acids is 2. The molecule has 0 aliphatic carbocycles. The Kier molecular flexibility index (Phi) is 9.51. The molecule has 1 saturated heterocycles. The topological polar surface area (TPSA) is 202 Å². The van der Waals surface area contributed by atoms with E-state index in [2.05, 4.69) is 10.4 Å². The van der Waals surface area contributed by atoms with Crippen LogP contribution in [0.1, 0.15) is 41.7 Å². The first-order valence-electron chi connectivity index (χ1n) is 13.4. The van der Waals surface area contributed by atoms with E-state index >= 15 is 0 Å². The third kappa shape index (κ3) is 7.19. The van der Waals surface area contributed by atoms with Crippen molar-refractivity contribution < 1.29 is 44.3 Å². The largest absolute Gasteiger partial charge is 0.479 e. The van der Waals surface area contributed by atoms with Gasteiger partial charge in [0.2, 0.25) is 6.29 Å². The molecule has 0 bridgehead atoms. The van der Waals surface area contributed by atoms with Crippen LogP contribution in [0.5, 0.6) is 0 Å². The van der Waals surface area contributed by atoms with Crippen LogP contribution in [0.2, 0.25) is 0 Å². The van der Waals surface area contributed by atoms with E-state index in [0.717, 1.165) is 9.75 Å². The number of carbonyl (C=O) groups is 3. The number of thiophene rings is 1. The van der Waals surface area contributed by atoms with E-state index in [9.17, 15) is 34.5 Å². The van der Waals surface area contributed by atoms with Crippen molar-refractivity contribution in [1.29, 1.82) is 0 Å². The molecule has 0 aromatic carbocycles. The normalized spacial score (nSPS) is 22.3. The van der Waals surface area contributed by atoms with Crippen molar-refractivity contribution in [2.24, 2.45) is 5.41 Å². The molecule has 14 nitrogen and oxygen atoms in total. The molecule has 0 radical (unpaired) electrons. The van der Waals surface area contributed by atoms with Gasteiger partial charge in [-0.2, -0.15) is 9.78 Å². The standard InChI is InChI=1S/C28H34N4O10S/c1-14-7-8-15(43-14)13-29-18-12-17(30-32(18)27(40)28(2,3)4)16-6-5-10-31(24(16)37)11-9-19(33)41-26-22(36)20(34)21(35)23(42-26)25(38)39/h5-8,10,12,20-23,26,29,34-36H,9,11,13H2,1-4H3,(H,38,39)/t20-,21-,22+,23-,26+/m0/s1. The number of esters is 1. The fraction of sp³-hybridized carbons (Fsp3) is 0.464. The molecule has 3 aromatic heterocycles. The lowest BCUT2D eigenvalue weighted by molar-refractivity contribution is -0.286. The molecule has 1 aliphatic rings. The Bertz CT molecular complexity index is 1560. The number of hydrogen-bond donors (Lipinski definition) is 5. The minimum Gasteiger partial charge on any atom is -0.479 e. The summed E-state index contributed by atoms with van der Waals surface area (Å²) >= 11 is 1.62. The highest BCUT2D eigenvalue weighted by Crippen LogP contribution is 2.26. The summed E-state index contributed by atoms with van der Waals surface area (Å²) in [7, 11) is 0. The van der Waals surface area contributed by atoms with Crippen molar-refractivity contribution in [3.8, 4) is 11.3 Å². The third-order valence-corrected chi connectivity index (χ3v) is 7.70. The summed E-state index contributed by atoms with van der Waals surface area (Å²) in [6.07, 6.45) is -8.44. The molecule has 4 rings (SSSR count). The molecule has 0 saturated carbocycles. The van der Waals surface area contributed by atoms with Crippen molar-refractivity contribution in [2.75, 3.05) is 5.32 Å². The van der Waals surface area contributed by atoms with E-state index < -0.39 is 53.6 Å². The van der Waals surface area contributed by atoms with Gasteiger partial charge in [0.1, 0.15) is 29.8 Å². The van der Waals surface area contributed by atoms with E-state index in [-0.39, 0.29) is 30.1 Å². The first kappa shape index (κ1) is 32.0. The van der Waals surface area contributed by atoms with Crippen molar-refractivity contribution in [1.82, 2.24) is 14.3 Å². The molecule has 232 valence electrons. The van der Waals surface area contributed by atoms with Gasteiger partial charge in [0, 0.05) is 34.0 Å². The molecular formula is C28H34N4O10S. The number of anilines is 1. The Morgan fingerprint density at radius 3 is 2.47 bits per heavy atom. The lowest BCUT2D eigenvalue weighted by atomic mass is 9.96. The van der Waals surface area contributed by atoms with Gasteiger partial charge in [-0.05, 0) is 31.2 Å². The summed E-state index contributed by atoms with van der Waals surface area (Å²) in [4.78, 5) is 52.5. The summed E-state index contributed by atoms with van der Waals surface area (Å²) in [5.74, 6) is -2.44. The average molecular weight is 619 g/mol. The van der Waals surface area contributed by atoms with Gasteiger partial charge in [-0.15, -0.1) is 11.3 Å². The van der Waals surface area contributed by atoms with Crippen molar-refractivity contribution in [3.63, 3.8) is 0 Å². The second-order valence-corrected chi connectivity index (χ2v) is 12.5. The maximum Gasteiger partial charge on any atom is 0.335 e. The highest BCUT2D eigenvalue weighted by Gasteiger charge is 2.48. The number of aromatic nitrogens is 3. The Morgan fingerprint density at radius 2 is 1.84 bits per heavy atom. The predicted molar refractivity (Wildman–Crippen MR) is 153 cm³/mol. The van der Waals surface area contributed by atoms with Gasteiger partial charge in [-0.1, -0.05) is 20.8 Å². The van der Waals surface area contributed by atoms with Crippen molar-refractivity contribution in [3.05, 3.63) is 56.6 Å². The number of carboxylic acid groups (broad SMARTS) is 1. The molecule has 5 N–H and O–H groups in total. The number of ether oxygens (including phenoxy) is 2. The van der Waals surface area contributed by atoms with E-state index in [4.69, 9.17) is 14.6 Å². The second kappa shape index (κ2) is 12.8. The quantitative estimate of drug-likeness (QED) is 0.215. The first-order chi connectivity index (χ1) is 20.2. The maximum atomic E-state index is 13.4. The minimum atomic E-state index is -1.93. The molecule has 0 unspecified atom stereocenters. The summed E-state index contributed by atoms with van der Waals surface area (Å²) in [6, 6.07) is 8.72. The Morgan fingerprint density at radius 1 is 1.12 bits per heavy atom. The molecular weight excluding hydrogens is 584 g/mol. The third-order valence-electron chi connectivity index (χ3n) is 6.70. The van der Waals surface area contributed by atoms with Gasteiger partial charge in [0.25, 0.3) is 11.5 Å². The molecule has 5 atom stereocenters. The number of nitrogens with one attached hydrogen (secondary N) is 1. The summed E-state index contributed by atoms with van der Waals surface area (Å²) < 4.78 is 12.4. The van der Waals surface area contributed by atoms with Crippen molar-refractivity contribution >= 4 is 35.0 Å². The Labute approximate surface area is 250 Å². The highest BCUT2D eigenvalue weighted by molar-refractivity contribution is 7.11. The number of nitrogens with zero attached hydrogens (tertiary/aromatic N) is 3. The van der Waals surface area contributed by atoms with Gasteiger partial charge >= 0.3 is 11.9 Å². The van der Waals surface area contributed by atoms with Gasteiger partial charge in [0.05, 0.1) is 18.5 Å². The molecule has 1 fully saturated rings. The fourth-order valence-electron chi connectivity index (χ4n) is 4.33. The van der Waals surface area contributed by atoms with Crippen molar-refractivity contribution in [2.45, 2.75) is 77.9 Å². The van der Waals surface area contributed by atoms with Crippen LogP contribution < -0.4 is 10.9 Å². The number of hydrogen-bond acceptors (Lipinski definition) is 12. The van der Waals surface area contributed by atoms with E-state index in [1.54, 1.807) is 50.3 Å². The van der Waals surface area contributed by atoms with Crippen LogP contribution in [-0.2, 0) is 32.2 Å². The monoisotopic (exact) mass is 618 g/mol. The highest BCUT2D eigenvalue weighted by atomic mass is 32.1. The molecule has 3 aromatic rings. The fourth-order valence-corrected chi connectivity index (χ4v) is 5.16. The van der Waals surface area contributed by atoms with Gasteiger partial charge < -0.3 is 39.8 Å². The van der Waals surface area contributed by atoms with E-state index in [1.807, 2.05) is 19.1 Å². The smallest absolute Gasteiger partial charge is 0.335 e. The summed E-state index contributed by atoms with van der Waals surface area (Å²) in [6.45, 7) is 7.58. The van der Waals surface area contributed by atoms with Crippen LogP contribution in [-0.4, -0.2) is 83.3 Å². The van der Waals surface area contributed by atoms with E-state index in [1.165, 1.54) is 15.4 Å². The molecule has 43 heavy (non-hydrogen) atoms. The second-order valence-electron chi connectivity index (χ2n) is 11.1. The average Bonchev–Trinajstić information content (AvgIpc) is 3.56. The number of rotatable bonds is 9. The van der Waals surface area contributed by atoms with Gasteiger partial charge in [0.15, 0.2) is 6.10 Å². The summed E-state index contributed by atoms with van der Waals surface area (Å²) in [5.41, 5.74) is -0.832. The lowest BCUT2D eigenvalue weighted by Crippen LogP contribution is -2.60. The van der Waals surface area contributed by atoms with Crippen LogP contribution >= 0.6 is 11.3 Å². The number of aliphatic hydroxyl groups is 3. The number of aryl methyl sites for hydroxylation is 2. The Hall–Kier alpha value is -3.89. The molecule has 1 aliphatic heterocycles. The number of pyridine rings is 1. The molecule has 0 amide bonds. The molecule has 0 spiro atoms. The van der Waals surface area contributed by atoms with Crippen LogP contribution in [0, 0.1) is 12.3 Å². The number of aliphatic hydroxyl groups excluding tert-OH is 3. The van der Waals surface area contributed by atoms with Crippen LogP contribution in [0.25, 0.3) is 11.3 Å². The van der Waals surface area contributed by atoms with E-state index in [0.29, 0.717) is 12.4 Å². The van der Waals surface area contributed by atoms with Gasteiger partial charge in [-0.25, -0.2) is 4.79 Å². The Balaban J connectivity index is 1.51. The maximum absolute atomic E-state index is 13.4. The summed E-state index contributed by atoms with van der Waals surface area (Å²) in [5, 5.41) is 46.6. The van der Waals surface area contributed by atoms with Crippen LogP contribution in [0.4, 0.5) is 5.82 Å².